The second-order valence-corrected chi connectivity index (χ2v) is 5.61. The smallest absolute Gasteiger partial charge is 0.295 e. The van der Waals surface area contributed by atoms with Gasteiger partial charge in [0.2, 0.25) is 10.6 Å². The average Bonchev–Trinajstić information content (AvgIpc) is 2.29. The number of aromatic nitrogens is 3. The Morgan fingerprint density at radius 2 is 1.65 bits per heavy atom. The molecule has 8 nitrogen and oxygen atoms in total. The highest BCUT2D eigenvalue weighted by Crippen LogP contribution is 2.36. The molecule has 1 aromatic heterocycles. The molecule has 4 N–H and O–H groups in total. The van der Waals surface area contributed by atoms with Crippen molar-refractivity contribution in [2.75, 3.05) is 5.73 Å². The van der Waals surface area contributed by atoms with Gasteiger partial charge in [-0.3, -0.25) is 4.55 Å². The highest BCUT2D eigenvalue weighted by Gasteiger charge is 2.24. The molecule has 0 saturated carbocycles. The summed E-state index contributed by atoms with van der Waals surface area (Å²) in [5, 5.41) is 8.95. The molecule has 0 bridgehead atoms. The maximum absolute atomic E-state index is 11.3. The van der Waals surface area contributed by atoms with Gasteiger partial charge < -0.3 is 10.8 Å². The molecule has 20 heavy (non-hydrogen) atoms. The number of anilines is 1. The zero-order valence-electron chi connectivity index (χ0n) is 9.45. The molecule has 0 aliphatic rings. The van der Waals surface area contributed by atoms with Crippen LogP contribution in [-0.4, -0.2) is 33.0 Å². The number of hydrogen-bond acceptors (Lipinski definition) is 7. The molecule has 0 amide bonds. The van der Waals surface area contributed by atoms with Gasteiger partial charge >= 0.3 is 0 Å². The van der Waals surface area contributed by atoms with E-state index in [1.165, 1.54) is 0 Å². The molecule has 0 saturated heterocycles. The molecule has 0 aliphatic heterocycles. The van der Waals surface area contributed by atoms with Gasteiger partial charge in [0.05, 0.1) is 11.3 Å². The van der Waals surface area contributed by atoms with Gasteiger partial charge in [-0.2, -0.15) is 23.4 Å². The first-order valence-corrected chi connectivity index (χ1v) is 7.06. The Labute approximate surface area is 123 Å². The van der Waals surface area contributed by atoms with Gasteiger partial charge in [-0.15, -0.1) is 0 Å². The lowest BCUT2D eigenvalue weighted by molar-refractivity contribution is 0.475. The zero-order chi connectivity index (χ0) is 15.1. The third-order valence-electron chi connectivity index (χ3n) is 2.27. The van der Waals surface area contributed by atoms with Crippen LogP contribution in [0.25, 0.3) is 11.4 Å². The van der Waals surface area contributed by atoms with Crippen LogP contribution in [0.1, 0.15) is 0 Å². The van der Waals surface area contributed by atoms with E-state index in [1.54, 1.807) is 0 Å². The van der Waals surface area contributed by atoms with Gasteiger partial charge in [0.15, 0.2) is 5.82 Å². The first-order chi connectivity index (χ1) is 9.20. The predicted octanol–water partition coefficient (Wildman–Crippen LogP) is 1.38. The van der Waals surface area contributed by atoms with Gasteiger partial charge in [0.25, 0.3) is 10.1 Å². The number of rotatable bonds is 2. The molecular formula is C9H6Cl2N4O4S. The first-order valence-electron chi connectivity index (χ1n) is 4.86. The summed E-state index contributed by atoms with van der Waals surface area (Å²) < 4.78 is 31.9. The average molecular weight is 337 g/mol. The van der Waals surface area contributed by atoms with Crippen molar-refractivity contribution in [3.8, 4) is 17.1 Å². The van der Waals surface area contributed by atoms with E-state index in [0.717, 1.165) is 12.1 Å². The van der Waals surface area contributed by atoms with Crippen LogP contribution in [0.2, 0.25) is 10.6 Å². The Balaban J connectivity index is 2.88. The first kappa shape index (κ1) is 14.7. The van der Waals surface area contributed by atoms with Gasteiger partial charge in [0.1, 0.15) is 10.6 Å². The van der Waals surface area contributed by atoms with Crippen LogP contribution in [0.5, 0.6) is 5.75 Å². The standard InChI is InChI=1S/C9H6Cl2N4O4S/c10-8-13-7(14-9(11)15-8)5-4(20(17,18)19)2-1-3(16)6(5)12/h1-2,16H,12H2,(H,17,18,19). The molecule has 0 aliphatic carbocycles. The molecular weight excluding hydrogens is 331 g/mol. The summed E-state index contributed by atoms with van der Waals surface area (Å²) in [6, 6.07) is 1.95. The van der Waals surface area contributed by atoms with Gasteiger partial charge in [0, 0.05) is 0 Å². The fraction of sp³-hybridized carbons (Fsp3) is 0. The van der Waals surface area contributed by atoms with E-state index < -0.39 is 20.8 Å². The van der Waals surface area contributed by atoms with Crippen LogP contribution < -0.4 is 5.73 Å². The van der Waals surface area contributed by atoms with E-state index in [-0.39, 0.29) is 27.6 Å². The van der Waals surface area contributed by atoms with Crippen molar-refractivity contribution in [3.05, 3.63) is 22.7 Å². The van der Waals surface area contributed by atoms with Gasteiger partial charge in [-0.05, 0) is 35.3 Å². The topological polar surface area (TPSA) is 139 Å². The van der Waals surface area contributed by atoms with Gasteiger partial charge in [-0.25, -0.2) is 0 Å². The normalized spacial score (nSPS) is 11.6. The lowest BCUT2D eigenvalue weighted by Crippen LogP contribution is -2.06. The van der Waals surface area contributed by atoms with Crippen molar-refractivity contribution in [2.45, 2.75) is 4.90 Å². The summed E-state index contributed by atoms with van der Waals surface area (Å²) in [5.41, 5.74) is 4.93. The summed E-state index contributed by atoms with van der Waals surface area (Å²) in [6.07, 6.45) is 0. The van der Waals surface area contributed by atoms with Crippen molar-refractivity contribution in [2.24, 2.45) is 0 Å². The van der Waals surface area contributed by atoms with Gasteiger partial charge in [-0.1, -0.05) is 0 Å². The van der Waals surface area contributed by atoms with Crippen molar-refractivity contribution in [1.82, 2.24) is 15.0 Å². The summed E-state index contributed by atoms with van der Waals surface area (Å²) >= 11 is 11.2. The molecule has 1 heterocycles. The number of nitrogen functional groups attached to an aromatic ring is 1. The number of phenolic OH excluding ortho intramolecular Hbond substituents is 1. The van der Waals surface area contributed by atoms with Crippen LogP contribution in [0.3, 0.4) is 0 Å². The third-order valence-corrected chi connectivity index (χ3v) is 3.50. The highest BCUT2D eigenvalue weighted by atomic mass is 35.5. The molecule has 2 rings (SSSR count). The van der Waals surface area contributed by atoms with E-state index in [9.17, 15) is 18.1 Å². The minimum Gasteiger partial charge on any atom is -0.506 e. The molecule has 0 fully saturated rings. The van der Waals surface area contributed by atoms with Crippen molar-refractivity contribution in [1.29, 1.82) is 0 Å². The Morgan fingerprint density at radius 3 is 2.15 bits per heavy atom. The fourth-order valence-electron chi connectivity index (χ4n) is 1.47. The molecule has 0 spiro atoms. The van der Waals surface area contributed by atoms with E-state index >= 15 is 0 Å². The lowest BCUT2D eigenvalue weighted by atomic mass is 10.1. The summed E-state index contributed by atoms with van der Waals surface area (Å²) in [4.78, 5) is 10.3. The molecule has 0 atom stereocenters. The minimum atomic E-state index is -4.62. The summed E-state index contributed by atoms with van der Waals surface area (Å²) in [7, 11) is -4.62. The van der Waals surface area contributed by atoms with Crippen LogP contribution in [0.15, 0.2) is 17.0 Å². The molecule has 11 heteroatoms. The molecule has 106 valence electrons. The Bertz CT molecular complexity index is 777. The van der Waals surface area contributed by atoms with E-state index in [0.29, 0.717) is 0 Å². The number of nitrogens with two attached hydrogens (primary N) is 1. The number of phenols is 1. The van der Waals surface area contributed by atoms with Crippen LogP contribution in [0.4, 0.5) is 5.69 Å². The second kappa shape index (κ2) is 5.02. The highest BCUT2D eigenvalue weighted by molar-refractivity contribution is 7.86. The monoisotopic (exact) mass is 336 g/mol. The molecule has 1 aromatic carbocycles. The molecule has 2 aromatic rings. The van der Waals surface area contributed by atoms with Crippen LogP contribution in [-0.2, 0) is 10.1 Å². The largest absolute Gasteiger partial charge is 0.506 e. The zero-order valence-corrected chi connectivity index (χ0v) is 11.8. The number of nitrogens with zero attached hydrogens (tertiary/aromatic N) is 3. The number of benzene rings is 1. The lowest BCUT2D eigenvalue weighted by Gasteiger charge is -2.10. The Hall–Kier alpha value is -1.68. The fourth-order valence-corrected chi connectivity index (χ4v) is 2.53. The molecule has 0 radical (unpaired) electrons. The third kappa shape index (κ3) is 2.75. The minimum absolute atomic E-state index is 0.295. The van der Waals surface area contributed by atoms with E-state index in [2.05, 4.69) is 15.0 Å². The quantitative estimate of drug-likeness (QED) is 0.424. The van der Waals surface area contributed by atoms with Crippen LogP contribution >= 0.6 is 23.2 Å². The van der Waals surface area contributed by atoms with Crippen molar-refractivity contribution in [3.63, 3.8) is 0 Å². The maximum Gasteiger partial charge on any atom is 0.295 e. The molecule has 0 unspecified atom stereocenters. The van der Waals surface area contributed by atoms with Crippen molar-refractivity contribution >= 4 is 39.0 Å². The summed E-state index contributed by atoms with van der Waals surface area (Å²) in [6.45, 7) is 0. The number of halogens is 2. The van der Waals surface area contributed by atoms with E-state index in [4.69, 9.17) is 28.9 Å². The Kier molecular flexibility index (Phi) is 3.69. The summed E-state index contributed by atoms with van der Waals surface area (Å²) in [5.74, 6) is -0.712. The Morgan fingerprint density at radius 1 is 1.10 bits per heavy atom. The number of hydrogen-bond donors (Lipinski definition) is 3. The van der Waals surface area contributed by atoms with E-state index in [1.807, 2.05) is 0 Å². The van der Waals surface area contributed by atoms with Crippen molar-refractivity contribution < 1.29 is 18.1 Å². The maximum atomic E-state index is 11.3. The predicted molar refractivity (Wildman–Crippen MR) is 71.2 cm³/mol. The number of aromatic hydroxyl groups is 1. The van der Waals surface area contributed by atoms with Crippen LogP contribution in [0, 0.1) is 0 Å². The SMILES string of the molecule is Nc1c(O)ccc(S(=O)(=O)O)c1-c1nc(Cl)nc(Cl)n1. The second-order valence-electron chi connectivity index (χ2n) is 3.54.